The summed E-state index contributed by atoms with van der Waals surface area (Å²) in [5.41, 5.74) is 0.388. The summed E-state index contributed by atoms with van der Waals surface area (Å²) in [5.74, 6) is 1.09. The molecule has 0 aromatic carbocycles. The zero-order chi connectivity index (χ0) is 11.4. The quantitative estimate of drug-likeness (QED) is 0.707. The van der Waals surface area contributed by atoms with E-state index in [1.165, 1.54) is 0 Å². The van der Waals surface area contributed by atoms with Crippen LogP contribution in [0.4, 0.5) is 0 Å². The number of hydrogen-bond donors (Lipinski definition) is 1. The van der Waals surface area contributed by atoms with Crippen LogP contribution < -0.4 is 0 Å². The zero-order valence-corrected chi connectivity index (χ0v) is 9.76. The summed E-state index contributed by atoms with van der Waals surface area (Å²) < 4.78 is 0. The molecule has 0 amide bonds. The van der Waals surface area contributed by atoms with Crippen molar-refractivity contribution in [2.24, 2.45) is 22.7 Å². The van der Waals surface area contributed by atoms with E-state index in [2.05, 4.69) is 20.4 Å². The molecular formula is C13H19NO. The molecule has 2 aliphatic rings. The molecule has 0 unspecified atom stereocenters. The molecule has 3 atom stereocenters. The number of ketones is 1. The van der Waals surface area contributed by atoms with Gasteiger partial charge in [-0.25, -0.2) is 0 Å². The molecule has 0 aliphatic heterocycles. The first-order valence-electron chi connectivity index (χ1n) is 5.59. The van der Waals surface area contributed by atoms with Crippen molar-refractivity contribution >= 4 is 11.5 Å². The van der Waals surface area contributed by atoms with Crippen LogP contribution in [0.2, 0.25) is 0 Å². The number of rotatable bonds is 3. The number of Topliss-reactive ketones (excluding diaryl/α,β-unsaturated/α-hetero) is 1. The highest BCUT2D eigenvalue weighted by Gasteiger charge is 2.73. The molecule has 0 bridgehead atoms. The van der Waals surface area contributed by atoms with Crippen molar-refractivity contribution < 1.29 is 4.79 Å². The van der Waals surface area contributed by atoms with Gasteiger partial charge in [0.1, 0.15) is 5.78 Å². The van der Waals surface area contributed by atoms with Gasteiger partial charge in [0.15, 0.2) is 0 Å². The molecule has 2 fully saturated rings. The maximum absolute atomic E-state index is 11.9. The number of hydrogen-bond acceptors (Lipinski definition) is 2. The van der Waals surface area contributed by atoms with E-state index in [-0.39, 0.29) is 11.2 Å². The normalized spacial score (nSPS) is 41.1. The van der Waals surface area contributed by atoms with Crippen LogP contribution in [-0.4, -0.2) is 11.5 Å². The smallest absolute Gasteiger partial charge is 0.142 e. The van der Waals surface area contributed by atoms with Gasteiger partial charge in [0.2, 0.25) is 0 Å². The fourth-order valence-electron chi connectivity index (χ4n) is 3.75. The molecule has 15 heavy (non-hydrogen) atoms. The Labute approximate surface area is 91.3 Å². The molecule has 0 aromatic rings. The molecule has 0 aromatic heterocycles. The molecule has 82 valence electrons. The zero-order valence-electron chi connectivity index (χ0n) is 9.76. The summed E-state index contributed by atoms with van der Waals surface area (Å²) >= 11 is 0. The number of allylic oxidation sites excluding steroid dienone is 1. The Kier molecular flexibility index (Phi) is 1.98. The van der Waals surface area contributed by atoms with Gasteiger partial charge in [0, 0.05) is 5.71 Å². The van der Waals surface area contributed by atoms with Crippen LogP contribution in [0.3, 0.4) is 0 Å². The fourth-order valence-corrected chi connectivity index (χ4v) is 3.75. The van der Waals surface area contributed by atoms with E-state index in [1.54, 1.807) is 13.0 Å². The summed E-state index contributed by atoms with van der Waals surface area (Å²) in [6.45, 7) is 9.81. The molecule has 0 saturated heterocycles. The average molecular weight is 205 g/mol. The first kappa shape index (κ1) is 10.6. The summed E-state index contributed by atoms with van der Waals surface area (Å²) in [6.07, 6.45) is 3.25. The van der Waals surface area contributed by atoms with E-state index in [0.29, 0.717) is 24.0 Å². The average Bonchev–Trinajstić information content (AvgIpc) is 2.53. The summed E-state index contributed by atoms with van der Waals surface area (Å²) in [6, 6.07) is 0. The Morgan fingerprint density at radius 3 is 2.67 bits per heavy atom. The minimum Gasteiger partial charge on any atom is -0.309 e. The van der Waals surface area contributed by atoms with E-state index in [1.807, 2.05) is 0 Å². The van der Waals surface area contributed by atoms with Gasteiger partial charge in [-0.2, -0.15) is 0 Å². The van der Waals surface area contributed by atoms with Gasteiger partial charge in [-0.05, 0) is 37.0 Å². The third-order valence-corrected chi connectivity index (χ3v) is 4.64. The monoisotopic (exact) mass is 205 g/mol. The van der Waals surface area contributed by atoms with Gasteiger partial charge in [-0.1, -0.05) is 19.9 Å². The Bertz CT molecular complexity index is 356. The van der Waals surface area contributed by atoms with Crippen LogP contribution in [-0.2, 0) is 4.79 Å². The molecule has 1 N–H and O–H groups in total. The minimum absolute atomic E-state index is 0.158. The van der Waals surface area contributed by atoms with Gasteiger partial charge in [0.25, 0.3) is 0 Å². The summed E-state index contributed by atoms with van der Waals surface area (Å²) in [5, 5.41) is 8.06. The Morgan fingerprint density at radius 2 is 2.27 bits per heavy atom. The van der Waals surface area contributed by atoms with E-state index < -0.39 is 5.41 Å². The van der Waals surface area contributed by atoms with Crippen LogP contribution in [0.1, 0.15) is 33.6 Å². The van der Waals surface area contributed by atoms with Crippen LogP contribution in [0.5, 0.6) is 0 Å². The lowest BCUT2D eigenvalue weighted by molar-refractivity contribution is -0.124. The van der Waals surface area contributed by atoms with Crippen molar-refractivity contribution in [2.45, 2.75) is 33.6 Å². The lowest BCUT2D eigenvalue weighted by Gasteiger charge is -2.30. The van der Waals surface area contributed by atoms with Crippen LogP contribution in [0.15, 0.2) is 12.7 Å². The lowest BCUT2D eigenvalue weighted by atomic mass is 9.71. The molecule has 2 heteroatoms. The molecule has 0 spiro atoms. The highest BCUT2D eigenvalue weighted by molar-refractivity contribution is 6.10. The highest BCUT2D eigenvalue weighted by atomic mass is 16.1. The van der Waals surface area contributed by atoms with Gasteiger partial charge in [0.05, 0.1) is 5.41 Å². The fraction of sp³-hybridized carbons (Fsp3) is 0.692. The Morgan fingerprint density at radius 1 is 1.67 bits per heavy atom. The predicted octanol–water partition coefficient (Wildman–Crippen LogP) is 2.83. The van der Waals surface area contributed by atoms with Crippen LogP contribution >= 0.6 is 0 Å². The van der Waals surface area contributed by atoms with Crippen molar-refractivity contribution in [1.29, 1.82) is 5.41 Å². The Hall–Kier alpha value is -0.920. The van der Waals surface area contributed by atoms with E-state index in [0.717, 1.165) is 6.42 Å². The second kappa shape index (κ2) is 2.81. The van der Waals surface area contributed by atoms with E-state index in [9.17, 15) is 4.79 Å². The standard InChI is InChI=1S/C13H19NO/c1-5-6-13(8(2)15)10(14)7-9-11(13)12(9,3)4/h5,9,11,14H,1,6-7H2,2-4H3/t9-,11+,13+/m1/s1. The maximum Gasteiger partial charge on any atom is 0.142 e. The second-order valence-corrected chi connectivity index (χ2v) is 5.61. The van der Waals surface area contributed by atoms with E-state index >= 15 is 0 Å². The second-order valence-electron chi connectivity index (χ2n) is 5.61. The van der Waals surface area contributed by atoms with Crippen LogP contribution in [0.25, 0.3) is 0 Å². The summed E-state index contributed by atoms with van der Waals surface area (Å²) in [4.78, 5) is 11.9. The molecule has 2 rings (SSSR count). The van der Waals surface area contributed by atoms with Crippen LogP contribution in [0, 0.1) is 28.1 Å². The summed E-state index contributed by atoms with van der Waals surface area (Å²) in [7, 11) is 0. The third-order valence-electron chi connectivity index (χ3n) is 4.64. The lowest BCUT2D eigenvalue weighted by Crippen LogP contribution is -2.38. The molecule has 2 saturated carbocycles. The SMILES string of the molecule is C=CC[C@]1(C(C)=O)C(=N)C[C@@H]2[C@H]1C2(C)C. The number of carbonyl (C=O) groups excluding carboxylic acids is 1. The van der Waals surface area contributed by atoms with Gasteiger partial charge < -0.3 is 5.41 Å². The first-order chi connectivity index (χ1) is 6.89. The molecule has 0 radical (unpaired) electrons. The Balaban J connectivity index is 2.42. The molecule has 2 aliphatic carbocycles. The van der Waals surface area contributed by atoms with Crippen molar-refractivity contribution in [3.05, 3.63) is 12.7 Å². The topological polar surface area (TPSA) is 40.9 Å². The maximum atomic E-state index is 11.9. The van der Waals surface area contributed by atoms with Crippen molar-refractivity contribution in [1.82, 2.24) is 0 Å². The van der Waals surface area contributed by atoms with Crippen molar-refractivity contribution in [2.75, 3.05) is 0 Å². The molecule has 0 heterocycles. The van der Waals surface area contributed by atoms with E-state index in [4.69, 9.17) is 5.41 Å². The minimum atomic E-state index is -0.504. The number of fused-ring (bicyclic) bond motifs is 1. The third kappa shape index (κ3) is 1.05. The van der Waals surface area contributed by atoms with Crippen molar-refractivity contribution in [3.8, 4) is 0 Å². The number of nitrogens with one attached hydrogen (secondary N) is 1. The first-order valence-corrected chi connectivity index (χ1v) is 5.59. The van der Waals surface area contributed by atoms with Crippen molar-refractivity contribution in [3.63, 3.8) is 0 Å². The largest absolute Gasteiger partial charge is 0.309 e. The predicted molar refractivity (Wildman–Crippen MR) is 61.0 cm³/mol. The number of carbonyl (C=O) groups is 1. The van der Waals surface area contributed by atoms with Gasteiger partial charge >= 0.3 is 0 Å². The molecule has 2 nitrogen and oxygen atoms in total. The molecular weight excluding hydrogens is 186 g/mol. The van der Waals surface area contributed by atoms with Gasteiger partial charge in [-0.3, -0.25) is 4.79 Å². The highest BCUT2D eigenvalue weighted by Crippen LogP contribution is 2.73. The van der Waals surface area contributed by atoms with Gasteiger partial charge in [-0.15, -0.1) is 6.58 Å².